The molecule has 0 atom stereocenters. The molecule has 0 heterocycles. The lowest BCUT2D eigenvalue weighted by molar-refractivity contribution is 0.101. The van der Waals surface area contributed by atoms with E-state index in [-0.39, 0.29) is 21.3 Å². The second kappa shape index (κ2) is 6.71. The first-order chi connectivity index (χ1) is 11.2. The molecule has 0 unspecified atom stereocenters. The largest absolute Gasteiger partial charge is 0.295 e. The van der Waals surface area contributed by atoms with Crippen LogP contribution in [-0.2, 0) is 20.0 Å². The van der Waals surface area contributed by atoms with Crippen molar-refractivity contribution in [1.82, 2.24) is 4.72 Å². The van der Waals surface area contributed by atoms with Gasteiger partial charge in [-0.15, -0.1) is 0 Å². The highest BCUT2D eigenvalue weighted by molar-refractivity contribution is 7.92. The van der Waals surface area contributed by atoms with E-state index in [1.54, 1.807) is 0 Å². The van der Waals surface area contributed by atoms with Crippen LogP contribution >= 0.6 is 0 Å². The minimum Gasteiger partial charge on any atom is -0.295 e. The first-order valence-corrected chi connectivity index (χ1v) is 9.80. The number of sulfonamides is 2. The summed E-state index contributed by atoms with van der Waals surface area (Å²) in [5.41, 5.74) is 0.635. The van der Waals surface area contributed by atoms with Gasteiger partial charge in [-0.05, 0) is 50.4 Å². The summed E-state index contributed by atoms with van der Waals surface area (Å²) in [7, 11) is -6.13. The fourth-order valence-corrected chi connectivity index (χ4v) is 3.69. The van der Waals surface area contributed by atoms with Crippen molar-refractivity contribution in [3.63, 3.8) is 0 Å². The van der Waals surface area contributed by atoms with Gasteiger partial charge < -0.3 is 0 Å². The van der Waals surface area contributed by atoms with Gasteiger partial charge in [0.2, 0.25) is 10.0 Å². The molecule has 0 bridgehead atoms. The lowest BCUT2D eigenvalue weighted by atomic mass is 10.2. The lowest BCUT2D eigenvalue weighted by Gasteiger charge is -2.09. The SMILES string of the molecule is CNS(=O)(=O)c1ccc(NS(=O)(=O)c2ccc(C(C)=O)cc2)cc1. The number of rotatable bonds is 6. The Labute approximate surface area is 140 Å². The smallest absolute Gasteiger partial charge is 0.261 e. The highest BCUT2D eigenvalue weighted by Gasteiger charge is 2.16. The average Bonchev–Trinajstić information content (AvgIpc) is 2.55. The Hall–Kier alpha value is -2.23. The summed E-state index contributed by atoms with van der Waals surface area (Å²) in [4.78, 5) is 11.2. The van der Waals surface area contributed by atoms with Crippen molar-refractivity contribution < 1.29 is 21.6 Å². The van der Waals surface area contributed by atoms with Crippen molar-refractivity contribution in [2.24, 2.45) is 0 Å². The second-order valence-electron chi connectivity index (χ2n) is 4.92. The molecular formula is C15H16N2O5S2. The molecule has 7 nitrogen and oxygen atoms in total. The fourth-order valence-electron chi connectivity index (χ4n) is 1.90. The minimum atomic E-state index is -3.84. The fraction of sp³-hybridized carbons (Fsp3) is 0.133. The molecule has 24 heavy (non-hydrogen) atoms. The maximum absolute atomic E-state index is 12.3. The Morgan fingerprint density at radius 2 is 1.25 bits per heavy atom. The number of anilines is 1. The molecule has 2 aromatic rings. The Morgan fingerprint density at radius 3 is 1.71 bits per heavy atom. The van der Waals surface area contributed by atoms with Crippen LogP contribution in [0.3, 0.4) is 0 Å². The molecule has 0 spiro atoms. The second-order valence-corrected chi connectivity index (χ2v) is 8.49. The van der Waals surface area contributed by atoms with Gasteiger partial charge in [0.15, 0.2) is 5.78 Å². The number of hydrogen-bond acceptors (Lipinski definition) is 5. The van der Waals surface area contributed by atoms with Crippen molar-refractivity contribution in [3.8, 4) is 0 Å². The number of benzene rings is 2. The van der Waals surface area contributed by atoms with E-state index in [4.69, 9.17) is 0 Å². The molecule has 2 N–H and O–H groups in total. The molecule has 2 aromatic carbocycles. The summed E-state index contributed by atoms with van der Waals surface area (Å²) in [6.45, 7) is 1.39. The minimum absolute atomic E-state index is 0.000534. The molecular weight excluding hydrogens is 352 g/mol. The van der Waals surface area contributed by atoms with Crippen LogP contribution in [0.4, 0.5) is 5.69 Å². The molecule has 0 aliphatic rings. The number of carbonyl (C=O) groups excluding carboxylic acids is 1. The van der Waals surface area contributed by atoms with E-state index in [2.05, 4.69) is 9.44 Å². The molecule has 2 rings (SSSR count). The summed E-state index contributed by atoms with van der Waals surface area (Å²) in [5, 5.41) is 0. The first kappa shape index (κ1) is 18.1. The summed E-state index contributed by atoms with van der Waals surface area (Å²) < 4.78 is 52.4. The Balaban J connectivity index is 2.24. The van der Waals surface area contributed by atoms with Crippen LogP contribution in [0, 0.1) is 0 Å². The third-order valence-corrected chi connectivity index (χ3v) is 6.08. The van der Waals surface area contributed by atoms with Crippen LogP contribution in [-0.4, -0.2) is 29.7 Å². The van der Waals surface area contributed by atoms with E-state index in [0.717, 1.165) is 0 Å². The summed E-state index contributed by atoms with van der Waals surface area (Å²) in [6.07, 6.45) is 0. The maximum atomic E-state index is 12.3. The third kappa shape index (κ3) is 3.99. The summed E-state index contributed by atoms with van der Waals surface area (Å²) >= 11 is 0. The monoisotopic (exact) mass is 368 g/mol. The topological polar surface area (TPSA) is 109 Å². The zero-order valence-corrected chi connectivity index (χ0v) is 14.6. The molecule has 0 saturated carbocycles. The van der Waals surface area contributed by atoms with Gasteiger partial charge in [-0.25, -0.2) is 21.6 Å². The van der Waals surface area contributed by atoms with Crippen LogP contribution in [0.5, 0.6) is 0 Å². The first-order valence-electron chi connectivity index (χ1n) is 6.83. The standard InChI is InChI=1S/C15H16N2O5S2/c1-11(18)12-3-7-15(8-4-12)24(21,22)17-13-5-9-14(10-6-13)23(19,20)16-2/h3-10,16-17H,1-2H3. The molecule has 128 valence electrons. The molecule has 0 fully saturated rings. The molecule has 9 heteroatoms. The highest BCUT2D eigenvalue weighted by Crippen LogP contribution is 2.19. The molecule has 0 amide bonds. The van der Waals surface area contributed by atoms with Crippen LogP contribution in [0.15, 0.2) is 58.3 Å². The van der Waals surface area contributed by atoms with Gasteiger partial charge in [0.05, 0.1) is 9.79 Å². The molecule has 0 saturated heterocycles. The van der Waals surface area contributed by atoms with E-state index >= 15 is 0 Å². The van der Waals surface area contributed by atoms with Crippen molar-refractivity contribution in [3.05, 3.63) is 54.1 Å². The van der Waals surface area contributed by atoms with Gasteiger partial charge in [-0.3, -0.25) is 9.52 Å². The van der Waals surface area contributed by atoms with Crippen LogP contribution in [0.25, 0.3) is 0 Å². The van der Waals surface area contributed by atoms with E-state index in [1.807, 2.05) is 0 Å². The maximum Gasteiger partial charge on any atom is 0.261 e. The van der Waals surface area contributed by atoms with Gasteiger partial charge >= 0.3 is 0 Å². The van der Waals surface area contributed by atoms with E-state index in [1.165, 1.54) is 62.5 Å². The van der Waals surface area contributed by atoms with Gasteiger partial charge in [-0.2, -0.15) is 0 Å². The zero-order chi connectivity index (χ0) is 18.0. The van der Waals surface area contributed by atoms with E-state index in [9.17, 15) is 21.6 Å². The van der Waals surface area contributed by atoms with Gasteiger partial charge in [0, 0.05) is 11.3 Å². The van der Waals surface area contributed by atoms with Gasteiger partial charge in [0.25, 0.3) is 10.0 Å². The Kier molecular flexibility index (Phi) is 5.07. The van der Waals surface area contributed by atoms with Gasteiger partial charge in [-0.1, -0.05) is 12.1 Å². The molecule has 0 radical (unpaired) electrons. The normalized spacial score (nSPS) is 11.9. The lowest BCUT2D eigenvalue weighted by Crippen LogP contribution is -2.18. The summed E-state index contributed by atoms with van der Waals surface area (Å²) in [6, 6.07) is 10.8. The number of carbonyl (C=O) groups is 1. The van der Waals surface area contributed by atoms with E-state index < -0.39 is 20.0 Å². The van der Waals surface area contributed by atoms with Gasteiger partial charge in [0.1, 0.15) is 0 Å². The Morgan fingerprint density at radius 1 is 0.792 bits per heavy atom. The quantitative estimate of drug-likeness (QED) is 0.753. The highest BCUT2D eigenvalue weighted by atomic mass is 32.2. The third-order valence-electron chi connectivity index (χ3n) is 3.26. The van der Waals surface area contributed by atoms with Crippen molar-refractivity contribution in [2.45, 2.75) is 16.7 Å². The predicted octanol–water partition coefficient (Wildman–Crippen LogP) is 1.60. The van der Waals surface area contributed by atoms with E-state index in [0.29, 0.717) is 5.56 Å². The predicted molar refractivity (Wildman–Crippen MR) is 89.9 cm³/mol. The number of hydrogen-bond donors (Lipinski definition) is 2. The van der Waals surface area contributed by atoms with Crippen LogP contribution in [0.2, 0.25) is 0 Å². The van der Waals surface area contributed by atoms with Crippen molar-refractivity contribution in [2.75, 3.05) is 11.8 Å². The molecule has 0 aromatic heterocycles. The zero-order valence-electron chi connectivity index (χ0n) is 13.0. The average molecular weight is 368 g/mol. The molecule has 0 aliphatic heterocycles. The van der Waals surface area contributed by atoms with Crippen molar-refractivity contribution >= 4 is 31.5 Å². The number of Topliss-reactive ketones (excluding diaryl/α,β-unsaturated/α-hetero) is 1. The Bertz CT molecular complexity index is 948. The number of ketones is 1. The molecule has 0 aliphatic carbocycles. The summed E-state index contributed by atoms with van der Waals surface area (Å²) in [5.74, 6) is -0.159. The number of nitrogens with one attached hydrogen (secondary N) is 2. The van der Waals surface area contributed by atoms with Crippen molar-refractivity contribution in [1.29, 1.82) is 0 Å². The van der Waals surface area contributed by atoms with Crippen LogP contribution < -0.4 is 9.44 Å². The van der Waals surface area contributed by atoms with Crippen LogP contribution in [0.1, 0.15) is 17.3 Å².